The van der Waals surface area contributed by atoms with Crippen molar-refractivity contribution in [1.29, 1.82) is 0 Å². The van der Waals surface area contributed by atoms with Crippen LogP contribution in [0.3, 0.4) is 0 Å². The van der Waals surface area contributed by atoms with E-state index in [0.29, 0.717) is 17.5 Å². The summed E-state index contributed by atoms with van der Waals surface area (Å²) in [5, 5.41) is 2.39. The predicted octanol–water partition coefficient (Wildman–Crippen LogP) is 15.0. The molecule has 8 aromatic carbocycles. The molecule has 0 atom stereocenters. The molecular formula is C56H36N4S. The fourth-order valence-corrected chi connectivity index (χ4v) is 9.48. The average molecular weight is 797 g/mol. The maximum absolute atomic E-state index is 5.30. The molecule has 0 radical (unpaired) electrons. The number of thiophene rings is 1. The first-order chi connectivity index (χ1) is 30.2. The summed E-state index contributed by atoms with van der Waals surface area (Å²) in [6.45, 7) is 0. The van der Waals surface area contributed by atoms with Crippen LogP contribution in [0.15, 0.2) is 218 Å². The second-order valence-corrected chi connectivity index (χ2v) is 16.0. The molecule has 286 valence electrons. The monoisotopic (exact) mass is 796 g/mol. The highest BCUT2D eigenvalue weighted by Gasteiger charge is 2.23. The van der Waals surface area contributed by atoms with Gasteiger partial charge in [-0.3, -0.25) is 0 Å². The van der Waals surface area contributed by atoms with Crippen LogP contribution in [0, 0.1) is 0 Å². The van der Waals surface area contributed by atoms with Crippen molar-refractivity contribution in [3.63, 3.8) is 0 Å². The molecule has 0 aliphatic rings. The molecule has 3 heterocycles. The Labute approximate surface area is 358 Å². The smallest absolute Gasteiger partial charge is 0.164 e. The van der Waals surface area contributed by atoms with Crippen LogP contribution in [-0.2, 0) is 0 Å². The maximum Gasteiger partial charge on any atom is 0.164 e. The second-order valence-electron chi connectivity index (χ2n) is 15.0. The van der Waals surface area contributed by atoms with E-state index in [-0.39, 0.29) is 0 Å². The minimum Gasteiger partial charge on any atom is -0.246 e. The summed E-state index contributed by atoms with van der Waals surface area (Å²) in [5.41, 5.74) is 14.1. The molecule has 61 heavy (non-hydrogen) atoms. The van der Waals surface area contributed by atoms with Crippen molar-refractivity contribution in [1.82, 2.24) is 19.9 Å². The number of hydrogen-bond donors (Lipinski definition) is 0. The SMILES string of the molecule is c1ccc(-c2cccc(-c3c(-c4ccc(-c5ccc(-c6nc(-c7ccccc7)nc(-c7ccccc7)n6)cc5)cc4)sc4c(-c5ccccc5)nc5ccccc5c34)c2)cc1. The van der Waals surface area contributed by atoms with Gasteiger partial charge < -0.3 is 0 Å². The van der Waals surface area contributed by atoms with Gasteiger partial charge in [0.15, 0.2) is 17.5 Å². The molecule has 0 fully saturated rings. The number of benzene rings is 8. The molecular weight excluding hydrogens is 761 g/mol. The van der Waals surface area contributed by atoms with Crippen LogP contribution in [0.4, 0.5) is 0 Å². The average Bonchev–Trinajstić information content (AvgIpc) is 3.76. The molecule has 0 bridgehead atoms. The number of pyridine rings is 1. The third kappa shape index (κ3) is 6.97. The van der Waals surface area contributed by atoms with Crippen molar-refractivity contribution >= 4 is 32.3 Å². The summed E-state index contributed by atoms with van der Waals surface area (Å²) >= 11 is 1.83. The zero-order chi connectivity index (χ0) is 40.5. The minimum absolute atomic E-state index is 0.639. The Bertz CT molecular complexity index is 3250. The molecule has 5 heteroatoms. The van der Waals surface area contributed by atoms with E-state index in [1.165, 1.54) is 37.2 Å². The molecule has 0 saturated heterocycles. The number of para-hydroxylation sites is 1. The van der Waals surface area contributed by atoms with Gasteiger partial charge in [-0.25, -0.2) is 19.9 Å². The van der Waals surface area contributed by atoms with Gasteiger partial charge in [-0.15, -0.1) is 11.3 Å². The van der Waals surface area contributed by atoms with Crippen LogP contribution < -0.4 is 0 Å². The van der Waals surface area contributed by atoms with Crippen LogP contribution in [0.25, 0.3) is 110 Å². The molecule has 11 aromatic rings. The molecule has 0 amide bonds. The number of nitrogens with zero attached hydrogens (tertiary/aromatic N) is 4. The van der Waals surface area contributed by atoms with E-state index in [1.54, 1.807) is 0 Å². The van der Waals surface area contributed by atoms with Crippen molar-refractivity contribution in [2.24, 2.45) is 0 Å². The summed E-state index contributed by atoms with van der Waals surface area (Å²) in [5.74, 6) is 1.94. The van der Waals surface area contributed by atoms with Gasteiger partial charge in [0.2, 0.25) is 0 Å². The van der Waals surface area contributed by atoms with E-state index in [1.807, 2.05) is 72.0 Å². The zero-order valence-electron chi connectivity index (χ0n) is 33.0. The molecule has 4 nitrogen and oxygen atoms in total. The first kappa shape index (κ1) is 36.2. The molecule has 0 saturated carbocycles. The second kappa shape index (κ2) is 15.7. The summed E-state index contributed by atoms with van der Waals surface area (Å²) in [6, 6.07) is 76.4. The van der Waals surface area contributed by atoms with E-state index < -0.39 is 0 Å². The van der Waals surface area contributed by atoms with Crippen LogP contribution >= 0.6 is 11.3 Å². The van der Waals surface area contributed by atoms with Gasteiger partial charge in [0.05, 0.1) is 15.9 Å². The van der Waals surface area contributed by atoms with Gasteiger partial charge in [-0.05, 0) is 45.5 Å². The fourth-order valence-electron chi connectivity index (χ4n) is 8.13. The first-order valence-corrected chi connectivity index (χ1v) is 21.2. The third-order valence-corrected chi connectivity index (χ3v) is 12.4. The normalized spacial score (nSPS) is 11.3. The van der Waals surface area contributed by atoms with Crippen molar-refractivity contribution in [3.05, 3.63) is 218 Å². The summed E-state index contributed by atoms with van der Waals surface area (Å²) < 4.78 is 1.18. The Hall–Kier alpha value is -7.86. The number of fused-ring (bicyclic) bond motifs is 3. The Morgan fingerprint density at radius 3 is 1.28 bits per heavy atom. The Kier molecular flexibility index (Phi) is 9.34. The van der Waals surface area contributed by atoms with E-state index in [4.69, 9.17) is 19.9 Å². The molecule has 3 aromatic heterocycles. The van der Waals surface area contributed by atoms with Gasteiger partial charge in [0, 0.05) is 43.5 Å². The molecule has 11 rings (SSSR count). The summed E-state index contributed by atoms with van der Waals surface area (Å²) in [4.78, 5) is 21.3. The quantitative estimate of drug-likeness (QED) is 0.154. The lowest BCUT2D eigenvalue weighted by Gasteiger charge is -2.11. The topological polar surface area (TPSA) is 51.6 Å². The van der Waals surface area contributed by atoms with Gasteiger partial charge in [-0.1, -0.05) is 206 Å². The Morgan fingerprint density at radius 1 is 0.295 bits per heavy atom. The molecule has 0 aliphatic heterocycles. The van der Waals surface area contributed by atoms with Crippen molar-refractivity contribution in [2.45, 2.75) is 0 Å². The predicted molar refractivity (Wildman–Crippen MR) is 254 cm³/mol. The van der Waals surface area contributed by atoms with Crippen molar-refractivity contribution in [2.75, 3.05) is 0 Å². The van der Waals surface area contributed by atoms with Crippen LogP contribution in [0.2, 0.25) is 0 Å². The van der Waals surface area contributed by atoms with E-state index in [0.717, 1.165) is 55.5 Å². The minimum atomic E-state index is 0.639. The van der Waals surface area contributed by atoms with Crippen LogP contribution in [0.1, 0.15) is 0 Å². The molecule has 0 aliphatic carbocycles. The zero-order valence-corrected chi connectivity index (χ0v) is 33.8. The lowest BCUT2D eigenvalue weighted by molar-refractivity contribution is 1.07. The highest BCUT2D eigenvalue weighted by atomic mass is 32.1. The number of hydrogen-bond acceptors (Lipinski definition) is 5. The van der Waals surface area contributed by atoms with Crippen LogP contribution in [-0.4, -0.2) is 19.9 Å². The summed E-state index contributed by atoms with van der Waals surface area (Å²) in [7, 11) is 0. The van der Waals surface area contributed by atoms with Gasteiger partial charge >= 0.3 is 0 Å². The highest BCUT2D eigenvalue weighted by molar-refractivity contribution is 7.23. The Morgan fingerprint density at radius 2 is 0.705 bits per heavy atom. The standard InChI is InChI=1S/C56H36N4S/c1-5-16-37(17-6-1)45-24-15-25-46(36-45)49-50-47-26-13-14-27-48(47)57-51(40-18-7-2-8-19-40)53(50)61-52(49)41-32-28-38(29-33-41)39-30-34-44(35-31-39)56-59-54(42-20-9-3-10-21-42)58-55(60-56)43-22-11-4-12-23-43/h1-36H. The van der Waals surface area contributed by atoms with E-state index in [9.17, 15) is 0 Å². The first-order valence-electron chi connectivity index (χ1n) is 20.4. The van der Waals surface area contributed by atoms with Gasteiger partial charge in [-0.2, -0.15) is 0 Å². The largest absolute Gasteiger partial charge is 0.246 e. The van der Waals surface area contributed by atoms with E-state index in [2.05, 4.69) is 158 Å². The highest BCUT2D eigenvalue weighted by Crippen LogP contribution is 2.50. The molecule has 0 N–H and O–H groups in total. The lowest BCUT2D eigenvalue weighted by Crippen LogP contribution is -2.00. The van der Waals surface area contributed by atoms with E-state index >= 15 is 0 Å². The molecule has 0 unspecified atom stereocenters. The van der Waals surface area contributed by atoms with Crippen LogP contribution in [0.5, 0.6) is 0 Å². The number of rotatable bonds is 8. The Balaban J connectivity index is 1.01. The van der Waals surface area contributed by atoms with Crippen molar-refractivity contribution in [3.8, 4) is 89.2 Å². The third-order valence-electron chi connectivity index (χ3n) is 11.2. The van der Waals surface area contributed by atoms with Crippen molar-refractivity contribution < 1.29 is 0 Å². The maximum atomic E-state index is 5.30. The van der Waals surface area contributed by atoms with Gasteiger partial charge in [0.1, 0.15) is 0 Å². The summed E-state index contributed by atoms with van der Waals surface area (Å²) in [6.07, 6.45) is 0. The fraction of sp³-hybridized carbons (Fsp3) is 0. The number of aromatic nitrogens is 4. The lowest BCUT2D eigenvalue weighted by atomic mass is 9.93. The molecule has 0 spiro atoms. The van der Waals surface area contributed by atoms with Gasteiger partial charge in [0.25, 0.3) is 0 Å².